The van der Waals surface area contributed by atoms with Crippen molar-refractivity contribution in [3.8, 4) is 11.1 Å². The van der Waals surface area contributed by atoms with Crippen LogP contribution in [0.3, 0.4) is 0 Å². The molecule has 4 rings (SSSR count). The molecular weight excluding hydrogens is 355 g/mol. The van der Waals surface area contributed by atoms with Crippen LogP contribution in [0, 0.1) is 5.82 Å². The molecule has 1 N–H and O–H groups in total. The lowest BCUT2D eigenvalue weighted by Gasteiger charge is -2.06. The maximum Gasteiger partial charge on any atom is 0.274 e. The second kappa shape index (κ2) is 7.23. The summed E-state index contributed by atoms with van der Waals surface area (Å²) in [6.45, 7) is 4.18. The van der Waals surface area contributed by atoms with Crippen molar-refractivity contribution >= 4 is 17.2 Å². The third-order valence-electron chi connectivity index (χ3n) is 4.49. The van der Waals surface area contributed by atoms with Gasteiger partial charge in [-0.25, -0.2) is 9.37 Å². The van der Waals surface area contributed by atoms with E-state index in [1.165, 1.54) is 12.1 Å². The number of aromatic nitrogens is 3. The van der Waals surface area contributed by atoms with Gasteiger partial charge >= 0.3 is 0 Å². The highest BCUT2D eigenvalue weighted by Gasteiger charge is 2.10. The molecule has 1 aromatic carbocycles. The lowest BCUT2D eigenvalue weighted by atomic mass is 10.1. The molecule has 0 aliphatic rings. The van der Waals surface area contributed by atoms with Gasteiger partial charge in [0.25, 0.3) is 5.91 Å². The first-order chi connectivity index (χ1) is 13.5. The molecule has 0 saturated heterocycles. The van der Waals surface area contributed by atoms with Crippen molar-refractivity contribution in [2.24, 2.45) is 0 Å². The van der Waals surface area contributed by atoms with Gasteiger partial charge in [0.2, 0.25) is 0 Å². The van der Waals surface area contributed by atoms with E-state index in [9.17, 15) is 9.18 Å². The van der Waals surface area contributed by atoms with E-state index in [-0.39, 0.29) is 11.7 Å². The standard InChI is InChI=1S/C22H19FN4O/c1-14(2)20-13-27-12-18(8-10-21(27)26-20)25-22(28)19-9-5-16(11-24-19)15-3-6-17(23)7-4-15/h3-14H,1-2H3,(H,25,28). The van der Waals surface area contributed by atoms with Gasteiger partial charge in [-0.1, -0.05) is 32.0 Å². The zero-order valence-electron chi connectivity index (χ0n) is 15.6. The van der Waals surface area contributed by atoms with Crippen molar-refractivity contribution in [2.45, 2.75) is 19.8 Å². The van der Waals surface area contributed by atoms with Crippen LogP contribution in [0.1, 0.15) is 35.9 Å². The number of amides is 1. The van der Waals surface area contributed by atoms with Crippen LogP contribution in [0.2, 0.25) is 0 Å². The highest BCUT2D eigenvalue weighted by Crippen LogP contribution is 2.20. The van der Waals surface area contributed by atoms with E-state index in [4.69, 9.17) is 0 Å². The Morgan fingerprint density at radius 1 is 1.00 bits per heavy atom. The van der Waals surface area contributed by atoms with Crippen molar-refractivity contribution in [1.82, 2.24) is 14.4 Å². The molecule has 4 aromatic rings. The number of nitrogens with one attached hydrogen (secondary N) is 1. The molecule has 0 bridgehead atoms. The Morgan fingerprint density at radius 3 is 2.43 bits per heavy atom. The Morgan fingerprint density at radius 2 is 1.75 bits per heavy atom. The van der Waals surface area contributed by atoms with Crippen molar-refractivity contribution in [2.75, 3.05) is 5.32 Å². The summed E-state index contributed by atoms with van der Waals surface area (Å²) in [4.78, 5) is 21.3. The van der Waals surface area contributed by atoms with Crippen LogP contribution in [0.15, 0.2) is 67.1 Å². The van der Waals surface area contributed by atoms with Gasteiger partial charge in [0.15, 0.2) is 0 Å². The molecule has 28 heavy (non-hydrogen) atoms. The van der Waals surface area contributed by atoms with Gasteiger partial charge in [-0.2, -0.15) is 0 Å². The van der Waals surface area contributed by atoms with Gasteiger partial charge in [-0.3, -0.25) is 9.78 Å². The molecule has 0 saturated carbocycles. The number of pyridine rings is 2. The van der Waals surface area contributed by atoms with Gasteiger partial charge in [-0.05, 0) is 41.8 Å². The summed E-state index contributed by atoms with van der Waals surface area (Å²) in [5.74, 6) is -0.251. The van der Waals surface area contributed by atoms with Crippen LogP contribution in [0.25, 0.3) is 16.8 Å². The molecule has 6 heteroatoms. The second-order valence-corrected chi connectivity index (χ2v) is 6.90. The summed E-state index contributed by atoms with van der Waals surface area (Å²) in [5.41, 5.74) is 4.46. The fraction of sp³-hybridized carbons (Fsp3) is 0.136. The van der Waals surface area contributed by atoms with Crippen LogP contribution < -0.4 is 5.32 Å². The number of anilines is 1. The number of rotatable bonds is 4. The number of benzene rings is 1. The molecule has 3 heterocycles. The van der Waals surface area contributed by atoms with E-state index in [0.717, 1.165) is 22.5 Å². The van der Waals surface area contributed by atoms with Gasteiger partial charge in [0, 0.05) is 24.2 Å². The fourth-order valence-corrected chi connectivity index (χ4v) is 2.90. The number of hydrogen-bond acceptors (Lipinski definition) is 3. The third-order valence-corrected chi connectivity index (χ3v) is 4.49. The topological polar surface area (TPSA) is 59.3 Å². The number of imidazole rings is 1. The third kappa shape index (κ3) is 3.62. The van der Waals surface area contributed by atoms with Gasteiger partial charge < -0.3 is 9.72 Å². The van der Waals surface area contributed by atoms with Crippen molar-refractivity contribution in [3.05, 3.63) is 84.3 Å². The van der Waals surface area contributed by atoms with Crippen LogP contribution in [-0.2, 0) is 0 Å². The monoisotopic (exact) mass is 374 g/mol. The molecule has 1 amide bonds. The molecular formula is C22H19FN4O. The number of hydrogen-bond donors (Lipinski definition) is 1. The maximum atomic E-state index is 13.0. The van der Waals surface area contributed by atoms with Gasteiger partial charge in [0.05, 0.1) is 11.4 Å². The summed E-state index contributed by atoms with van der Waals surface area (Å²) in [6.07, 6.45) is 5.40. The molecule has 5 nitrogen and oxygen atoms in total. The number of fused-ring (bicyclic) bond motifs is 1. The molecule has 0 fully saturated rings. The number of carbonyl (C=O) groups excluding carboxylic acids is 1. The van der Waals surface area contributed by atoms with E-state index in [2.05, 4.69) is 29.1 Å². The lowest BCUT2D eigenvalue weighted by Crippen LogP contribution is -2.13. The van der Waals surface area contributed by atoms with Crippen LogP contribution in [0.4, 0.5) is 10.1 Å². The Kier molecular flexibility index (Phi) is 4.61. The summed E-state index contributed by atoms with van der Waals surface area (Å²) in [6, 6.07) is 13.3. The zero-order valence-corrected chi connectivity index (χ0v) is 15.6. The average Bonchev–Trinajstić information content (AvgIpc) is 3.12. The first-order valence-electron chi connectivity index (χ1n) is 9.01. The number of carbonyl (C=O) groups is 1. The Balaban J connectivity index is 1.51. The molecule has 140 valence electrons. The molecule has 0 aliphatic carbocycles. The van der Waals surface area contributed by atoms with E-state index in [0.29, 0.717) is 17.3 Å². The normalized spacial score (nSPS) is 11.1. The Labute approximate surface area is 161 Å². The molecule has 3 aromatic heterocycles. The quantitative estimate of drug-likeness (QED) is 0.552. The molecule has 0 aliphatic heterocycles. The van der Waals surface area contributed by atoms with Crippen LogP contribution >= 0.6 is 0 Å². The summed E-state index contributed by atoms with van der Waals surface area (Å²) in [5, 5.41) is 2.86. The predicted molar refractivity (Wildman–Crippen MR) is 107 cm³/mol. The lowest BCUT2D eigenvalue weighted by molar-refractivity contribution is 0.102. The van der Waals surface area contributed by atoms with E-state index < -0.39 is 0 Å². The SMILES string of the molecule is CC(C)c1cn2cc(NC(=O)c3ccc(-c4ccc(F)cc4)cn3)ccc2n1. The van der Waals surface area contributed by atoms with E-state index >= 15 is 0 Å². The number of halogens is 1. The highest BCUT2D eigenvalue weighted by atomic mass is 19.1. The summed E-state index contributed by atoms with van der Waals surface area (Å²) < 4.78 is 14.9. The first kappa shape index (κ1) is 17.9. The molecule has 0 atom stereocenters. The summed E-state index contributed by atoms with van der Waals surface area (Å²) >= 11 is 0. The van der Waals surface area contributed by atoms with E-state index in [1.54, 1.807) is 30.5 Å². The molecule has 0 spiro atoms. The van der Waals surface area contributed by atoms with E-state index in [1.807, 2.05) is 28.9 Å². The minimum Gasteiger partial charge on any atom is -0.319 e. The second-order valence-electron chi connectivity index (χ2n) is 6.90. The smallest absolute Gasteiger partial charge is 0.274 e. The van der Waals surface area contributed by atoms with Crippen LogP contribution in [0.5, 0.6) is 0 Å². The Hall–Kier alpha value is -3.54. The van der Waals surface area contributed by atoms with Crippen LogP contribution in [-0.4, -0.2) is 20.3 Å². The zero-order chi connectivity index (χ0) is 19.7. The maximum absolute atomic E-state index is 13.0. The number of nitrogens with zero attached hydrogens (tertiary/aromatic N) is 3. The predicted octanol–water partition coefficient (Wildman–Crippen LogP) is 4.91. The Bertz CT molecular complexity index is 1130. The fourth-order valence-electron chi connectivity index (χ4n) is 2.90. The summed E-state index contributed by atoms with van der Waals surface area (Å²) in [7, 11) is 0. The van der Waals surface area contributed by atoms with Crippen molar-refractivity contribution < 1.29 is 9.18 Å². The van der Waals surface area contributed by atoms with Gasteiger partial charge in [0.1, 0.15) is 17.2 Å². The van der Waals surface area contributed by atoms with Crippen molar-refractivity contribution in [1.29, 1.82) is 0 Å². The molecule has 0 radical (unpaired) electrons. The molecule has 0 unspecified atom stereocenters. The first-order valence-corrected chi connectivity index (χ1v) is 9.01. The minimum absolute atomic E-state index is 0.289. The highest BCUT2D eigenvalue weighted by molar-refractivity contribution is 6.03. The van der Waals surface area contributed by atoms with Crippen molar-refractivity contribution in [3.63, 3.8) is 0 Å². The largest absolute Gasteiger partial charge is 0.319 e. The van der Waals surface area contributed by atoms with Gasteiger partial charge in [-0.15, -0.1) is 0 Å². The minimum atomic E-state index is -0.297. The average molecular weight is 374 g/mol.